The molecule has 3 nitrogen and oxygen atoms in total. The molecule has 0 heterocycles. The molecule has 0 aromatic heterocycles. The van der Waals surface area contributed by atoms with Crippen molar-refractivity contribution in [3.05, 3.63) is 35.4 Å². The summed E-state index contributed by atoms with van der Waals surface area (Å²) in [6.45, 7) is 7.53. The van der Waals surface area contributed by atoms with Crippen molar-refractivity contribution in [1.29, 1.82) is 0 Å². The molecule has 20 heavy (non-hydrogen) atoms. The summed E-state index contributed by atoms with van der Waals surface area (Å²) in [5.41, 5.74) is 2.03. The van der Waals surface area contributed by atoms with Crippen molar-refractivity contribution in [2.24, 2.45) is 5.92 Å². The summed E-state index contributed by atoms with van der Waals surface area (Å²) in [7, 11) is 0. The van der Waals surface area contributed by atoms with Crippen LogP contribution in [0.3, 0.4) is 0 Å². The van der Waals surface area contributed by atoms with Crippen LogP contribution in [0.2, 0.25) is 0 Å². The van der Waals surface area contributed by atoms with Crippen molar-refractivity contribution >= 4 is 18.3 Å². The van der Waals surface area contributed by atoms with Gasteiger partial charge >= 0.3 is 0 Å². The predicted octanol–water partition coefficient (Wildman–Crippen LogP) is 2.77. The summed E-state index contributed by atoms with van der Waals surface area (Å²) in [5, 5.41) is 6.31. The SMILES string of the molecule is Cc1cccc(C(C)(C)NC(=O)CNCC2CC2)c1.Cl. The van der Waals surface area contributed by atoms with E-state index in [9.17, 15) is 4.79 Å². The molecule has 1 aliphatic rings. The molecule has 2 N–H and O–H groups in total. The smallest absolute Gasteiger partial charge is 0.234 e. The summed E-state index contributed by atoms with van der Waals surface area (Å²) in [6, 6.07) is 8.28. The van der Waals surface area contributed by atoms with E-state index in [1.807, 2.05) is 19.9 Å². The number of hydrogen-bond acceptors (Lipinski definition) is 2. The van der Waals surface area contributed by atoms with E-state index < -0.39 is 0 Å². The average Bonchev–Trinajstić information content (AvgIpc) is 3.12. The first-order chi connectivity index (χ1) is 8.97. The van der Waals surface area contributed by atoms with Gasteiger partial charge in [0.05, 0.1) is 12.1 Å². The Morgan fingerprint density at radius 3 is 2.65 bits per heavy atom. The van der Waals surface area contributed by atoms with Gasteiger partial charge in [0.15, 0.2) is 0 Å². The van der Waals surface area contributed by atoms with Crippen LogP contribution in [0.5, 0.6) is 0 Å². The van der Waals surface area contributed by atoms with Gasteiger partial charge in [0, 0.05) is 0 Å². The van der Waals surface area contributed by atoms with Gasteiger partial charge in [-0.2, -0.15) is 0 Å². The Hall–Kier alpha value is -1.06. The van der Waals surface area contributed by atoms with Crippen LogP contribution in [0.4, 0.5) is 0 Å². The third-order valence-electron chi connectivity index (χ3n) is 3.61. The van der Waals surface area contributed by atoms with Gasteiger partial charge in [0.1, 0.15) is 0 Å². The predicted molar refractivity (Wildman–Crippen MR) is 85.2 cm³/mol. The number of aryl methyl sites for hydroxylation is 1. The van der Waals surface area contributed by atoms with Crippen LogP contribution in [0.1, 0.15) is 37.8 Å². The Morgan fingerprint density at radius 1 is 1.35 bits per heavy atom. The molecule has 1 saturated carbocycles. The van der Waals surface area contributed by atoms with E-state index >= 15 is 0 Å². The zero-order chi connectivity index (χ0) is 13.9. The van der Waals surface area contributed by atoms with E-state index in [4.69, 9.17) is 0 Å². The van der Waals surface area contributed by atoms with Crippen LogP contribution >= 0.6 is 12.4 Å². The van der Waals surface area contributed by atoms with E-state index in [0.717, 1.165) is 18.0 Å². The molecule has 4 heteroatoms. The summed E-state index contributed by atoms with van der Waals surface area (Å²) < 4.78 is 0. The molecule has 0 spiro atoms. The number of carbonyl (C=O) groups excluding carboxylic acids is 1. The van der Waals surface area contributed by atoms with Crippen molar-refractivity contribution in [2.45, 2.75) is 39.2 Å². The van der Waals surface area contributed by atoms with E-state index in [2.05, 4.69) is 35.8 Å². The first-order valence-electron chi connectivity index (χ1n) is 7.06. The number of rotatable bonds is 6. The second-order valence-corrected chi connectivity index (χ2v) is 6.12. The molecule has 0 saturated heterocycles. The van der Waals surface area contributed by atoms with Gasteiger partial charge in [-0.1, -0.05) is 29.8 Å². The molecular formula is C16H25ClN2O. The third-order valence-corrected chi connectivity index (χ3v) is 3.61. The number of hydrogen-bond donors (Lipinski definition) is 2. The van der Waals surface area contributed by atoms with Gasteiger partial charge < -0.3 is 10.6 Å². The fourth-order valence-corrected chi connectivity index (χ4v) is 2.21. The van der Waals surface area contributed by atoms with Crippen LogP contribution in [0.15, 0.2) is 24.3 Å². The molecule has 2 rings (SSSR count). The fourth-order valence-electron chi connectivity index (χ4n) is 2.21. The van der Waals surface area contributed by atoms with Gasteiger partial charge in [-0.3, -0.25) is 4.79 Å². The first-order valence-corrected chi connectivity index (χ1v) is 7.06. The zero-order valence-electron chi connectivity index (χ0n) is 12.5. The lowest BCUT2D eigenvalue weighted by molar-refractivity contribution is -0.121. The number of benzene rings is 1. The quantitative estimate of drug-likeness (QED) is 0.847. The standard InChI is InChI=1S/C16H24N2O.ClH/c1-12-5-4-6-14(9-12)16(2,3)18-15(19)11-17-10-13-7-8-13;/h4-6,9,13,17H,7-8,10-11H2,1-3H3,(H,18,19);1H. The van der Waals surface area contributed by atoms with Crippen LogP contribution in [0, 0.1) is 12.8 Å². The molecule has 1 aromatic carbocycles. The maximum atomic E-state index is 11.9. The zero-order valence-corrected chi connectivity index (χ0v) is 13.3. The molecule has 0 unspecified atom stereocenters. The number of nitrogens with one attached hydrogen (secondary N) is 2. The molecule has 1 aliphatic carbocycles. The monoisotopic (exact) mass is 296 g/mol. The maximum Gasteiger partial charge on any atom is 0.234 e. The van der Waals surface area contributed by atoms with Crippen molar-refractivity contribution < 1.29 is 4.79 Å². The molecule has 0 aliphatic heterocycles. The van der Waals surface area contributed by atoms with Crippen molar-refractivity contribution in [2.75, 3.05) is 13.1 Å². The highest BCUT2D eigenvalue weighted by Crippen LogP contribution is 2.27. The topological polar surface area (TPSA) is 41.1 Å². The number of halogens is 1. The molecule has 0 bridgehead atoms. The summed E-state index contributed by atoms with van der Waals surface area (Å²) >= 11 is 0. The van der Waals surface area contributed by atoms with E-state index in [0.29, 0.717) is 6.54 Å². The minimum atomic E-state index is -0.329. The molecule has 0 atom stereocenters. The Labute approximate surface area is 127 Å². The molecule has 1 amide bonds. The van der Waals surface area contributed by atoms with Crippen LogP contribution in [0.25, 0.3) is 0 Å². The molecule has 1 aromatic rings. The van der Waals surface area contributed by atoms with E-state index in [1.54, 1.807) is 0 Å². The maximum absolute atomic E-state index is 11.9. The Bertz CT molecular complexity index is 456. The van der Waals surface area contributed by atoms with Gasteiger partial charge in [-0.15, -0.1) is 12.4 Å². The normalized spacial score (nSPS) is 14.6. The highest BCUT2D eigenvalue weighted by molar-refractivity contribution is 5.85. The molecule has 1 fully saturated rings. The van der Waals surface area contributed by atoms with Gasteiger partial charge in [0.25, 0.3) is 0 Å². The Morgan fingerprint density at radius 2 is 2.05 bits per heavy atom. The summed E-state index contributed by atoms with van der Waals surface area (Å²) in [5.74, 6) is 0.865. The van der Waals surface area contributed by atoms with Crippen molar-refractivity contribution in [3.8, 4) is 0 Å². The van der Waals surface area contributed by atoms with E-state index in [1.165, 1.54) is 18.4 Å². The highest BCUT2D eigenvalue weighted by Gasteiger charge is 2.24. The molecular weight excluding hydrogens is 272 g/mol. The van der Waals surface area contributed by atoms with Gasteiger partial charge in [-0.05, 0) is 51.6 Å². The minimum absolute atomic E-state index is 0. The largest absolute Gasteiger partial charge is 0.346 e. The van der Waals surface area contributed by atoms with Crippen molar-refractivity contribution in [3.63, 3.8) is 0 Å². The Kier molecular flexibility index (Phi) is 6.03. The second-order valence-electron chi connectivity index (χ2n) is 6.12. The third kappa shape index (κ3) is 5.14. The number of amides is 1. The lowest BCUT2D eigenvalue weighted by Crippen LogP contribution is -2.45. The second kappa shape index (κ2) is 7.09. The van der Waals surface area contributed by atoms with Crippen LogP contribution in [-0.4, -0.2) is 19.0 Å². The summed E-state index contributed by atoms with van der Waals surface area (Å²) in [4.78, 5) is 11.9. The van der Waals surface area contributed by atoms with Crippen LogP contribution in [-0.2, 0) is 10.3 Å². The van der Waals surface area contributed by atoms with E-state index in [-0.39, 0.29) is 23.9 Å². The van der Waals surface area contributed by atoms with Gasteiger partial charge in [0.2, 0.25) is 5.91 Å². The van der Waals surface area contributed by atoms with Crippen molar-refractivity contribution in [1.82, 2.24) is 10.6 Å². The highest BCUT2D eigenvalue weighted by atomic mass is 35.5. The Balaban J connectivity index is 0.00000200. The summed E-state index contributed by atoms with van der Waals surface area (Å²) in [6.07, 6.45) is 2.62. The molecule has 112 valence electrons. The first kappa shape index (κ1) is 17.0. The van der Waals surface area contributed by atoms with Gasteiger partial charge in [-0.25, -0.2) is 0 Å². The lowest BCUT2D eigenvalue weighted by atomic mass is 9.93. The molecule has 0 radical (unpaired) electrons. The average molecular weight is 297 g/mol. The van der Waals surface area contributed by atoms with Crippen LogP contribution < -0.4 is 10.6 Å². The number of carbonyl (C=O) groups is 1. The lowest BCUT2D eigenvalue weighted by Gasteiger charge is -2.27. The minimum Gasteiger partial charge on any atom is -0.346 e. The fraction of sp³-hybridized carbons (Fsp3) is 0.562.